The molecule has 1 N–H and O–H groups in total. The zero-order chi connectivity index (χ0) is 15.0. The Kier molecular flexibility index (Phi) is 3.97. The van der Waals surface area contributed by atoms with Crippen LogP contribution in [0.5, 0.6) is 0 Å². The molecular weight excluding hydrogens is 288 g/mol. The highest BCUT2D eigenvalue weighted by molar-refractivity contribution is 7.09. The number of thiazole rings is 1. The molecule has 2 aliphatic rings. The molecule has 0 spiro atoms. The second-order valence-corrected chi connectivity index (χ2v) is 6.97. The highest BCUT2D eigenvalue weighted by Gasteiger charge is 2.43. The first-order valence-electron chi connectivity index (χ1n) is 7.50. The summed E-state index contributed by atoms with van der Waals surface area (Å²) in [6.45, 7) is 3.43. The molecule has 1 amide bonds. The molecule has 114 valence electrons. The number of aryl methyl sites for hydroxylation is 1. The monoisotopic (exact) mass is 308 g/mol. The van der Waals surface area contributed by atoms with E-state index in [1.54, 1.807) is 11.3 Å². The van der Waals surface area contributed by atoms with Crippen LogP contribution in [-0.2, 0) is 9.59 Å². The number of aliphatic carboxylic acids is 1. The van der Waals surface area contributed by atoms with E-state index in [2.05, 4.69) is 4.98 Å². The topological polar surface area (TPSA) is 70.5 Å². The van der Waals surface area contributed by atoms with Gasteiger partial charge in [0.25, 0.3) is 0 Å². The molecule has 3 rings (SSSR count). The molecule has 3 unspecified atom stereocenters. The molecule has 1 aliphatic heterocycles. The minimum absolute atomic E-state index is 0.0339. The second-order valence-electron chi connectivity index (χ2n) is 6.08. The van der Waals surface area contributed by atoms with Crippen molar-refractivity contribution in [1.29, 1.82) is 0 Å². The van der Waals surface area contributed by atoms with Crippen LogP contribution in [0, 0.1) is 18.8 Å². The number of amides is 1. The molecule has 2 heterocycles. The number of carboxylic acid groups (broad SMARTS) is 1. The normalized spacial score (nSPS) is 29.0. The van der Waals surface area contributed by atoms with Crippen LogP contribution in [0.1, 0.15) is 42.3 Å². The first kappa shape index (κ1) is 14.5. The summed E-state index contributed by atoms with van der Waals surface area (Å²) in [4.78, 5) is 30.0. The Morgan fingerprint density at radius 2 is 2.10 bits per heavy atom. The second kappa shape index (κ2) is 5.75. The molecule has 1 saturated heterocycles. The summed E-state index contributed by atoms with van der Waals surface area (Å²) in [5.74, 6) is -1.26. The van der Waals surface area contributed by atoms with E-state index in [9.17, 15) is 9.59 Å². The number of hydrogen-bond acceptors (Lipinski definition) is 4. The van der Waals surface area contributed by atoms with Crippen LogP contribution in [0.25, 0.3) is 0 Å². The molecule has 6 heteroatoms. The van der Waals surface area contributed by atoms with Crippen molar-refractivity contribution in [2.75, 3.05) is 13.1 Å². The smallest absolute Gasteiger partial charge is 0.307 e. The van der Waals surface area contributed by atoms with Gasteiger partial charge in [-0.15, -0.1) is 11.3 Å². The predicted octanol–water partition coefficient (Wildman–Crippen LogP) is 2.27. The lowest BCUT2D eigenvalue weighted by atomic mass is 9.72. The van der Waals surface area contributed by atoms with E-state index >= 15 is 0 Å². The van der Waals surface area contributed by atoms with Crippen molar-refractivity contribution in [3.63, 3.8) is 0 Å². The number of piperidine rings is 1. The van der Waals surface area contributed by atoms with Crippen LogP contribution >= 0.6 is 11.3 Å². The molecule has 21 heavy (non-hydrogen) atoms. The summed E-state index contributed by atoms with van der Waals surface area (Å²) >= 11 is 1.66. The highest BCUT2D eigenvalue weighted by atomic mass is 32.1. The number of likely N-dealkylation sites (tertiary alicyclic amines) is 1. The van der Waals surface area contributed by atoms with Gasteiger partial charge in [0.1, 0.15) is 0 Å². The fourth-order valence-corrected chi connectivity index (χ4v) is 4.19. The highest BCUT2D eigenvalue weighted by Crippen LogP contribution is 2.37. The van der Waals surface area contributed by atoms with Crippen LogP contribution in [0.3, 0.4) is 0 Å². The van der Waals surface area contributed by atoms with Gasteiger partial charge < -0.3 is 10.0 Å². The Labute approximate surface area is 128 Å². The van der Waals surface area contributed by atoms with E-state index < -0.39 is 11.9 Å². The molecule has 5 nitrogen and oxygen atoms in total. The largest absolute Gasteiger partial charge is 0.481 e. The van der Waals surface area contributed by atoms with Crippen molar-refractivity contribution in [3.8, 4) is 0 Å². The van der Waals surface area contributed by atoms with Gasteiger partial charge in [-0.1, -0.05) is 0 Å². The summed E-state index contributed by atoms with van der Waals surface area (Å²) < 4.78 is 0. The third kappa shape index (κ3) is 2.81. The molecule has 1 aromatic rings. The molecule has 2 fully saturated rings. The zero-order valence-corrected chi connectivity index (χ0v) is 12.9. The van der Waals surface area contributed by atoms with Gasteiger partial charge in [0.15, 0.2) is 0 Å². The van der Waals surface area contributed by atoms with Gasteiger partial charge in [-0.05, 0) is 32.6 Å². The van der Waals surface area contributed by atoms with Gasteiger partial charge in [-0.3, -0.25) is 9.59 Å². The average Bonchev–Trinajstić information content (AvgIpc) is 2.83. The maximum absolute atomic E-state index is 12.5. The molecule has 1 aliphatic carbocycles. The van der Waals surface area contributed by atoms with Crippen LogP contribution in [0.4, 0.5) is 0 Å². The molecular formula is C15H20N2O3S. The van der Waals surface area contributed by atoms with Gasteiger partial charge in [-0.25, -0.2) is 4.98 Å². The molecule has 1 saturated carbocycles. The van der Waals surface area contributed by atoms with Gasteiger partial charge in [-0.2, -0.15) is 0 Å². The third-order valence-corrected chi connectivity index (χ3v) is 5.75. The minimum atomic E-state index is -0.830. The number of hydrogen-bond donors (Lipinski definition) is 1. The van der Waals surface area contributed by atoms with E-state index in [0.29, 0.717) is 25.3 Å². The van der Waals surface area contributed by atoms with E-state index in [1.165, 1.54) is 0 Å². The molecule has 3 atom stereocenters. The Bertz CT molecular complexity index is 557. The standard InChI is InChI=1S/C15H20N2O3S/c1-9-8-21-13(16-9)10-3-2-6-17(7-10)14(18)11-4-5-12(11)15(19)20/h8,10-12H,2-7H2,1H3,(H,19,20). The Morgan fingerprint density at radius 1 is 1.33 bits per heavy atom. The van der Waals surface area contributed by atoms with E-state index in [4.69, 9.17) is 5.11 Å². The van der Waals surface area contributed by atoms with Crippen molar-refractivity contribution < 1.29 is 14.7 Å². The number of carbonyl (C=O) groups is 2. The molecule has 0 radical (unpaired) electrons. The van der Waals surface area contributed by atoms with Gasteiger partial charge in [0.05, 0.1) is 16.8 Å². The maximum atomic E-state index is 12.5. The maximum Gasteiger partial charge on any atom is 0.307 e. The SMILES string of the molecule is Cc1csc(C2CCCN(C(=O)C3CCC3C(=O)O)C2)n1. The van der Waals surface area contributed by atoms with E-state index in [0.717, 1.165) is 30.1 Å². The fourth-order valence-electron chi connectivity index (χ4n) is 3.26. The Balaban J connectivity index is 1.66. The summed E-state index contributed by atoms with van der Waals surface area (Å²) in [7, 11) is 0. The zero-order valence-electron chi connectivity index (χ0n) is 12.1. The Morgan fingerprint density at radius 3 is 2.67 bits per heavy atom. The molecule has 1 aromatic heterocycles. The van der Waals surface area contributed by atoms with Crippen LogP contribution in [0.15, 0.2) is 5.38 Å². The van der Waals surface area contributed by atoms with Gasteiger partial charge in [0, 0.05) is 30.1 Å². The lowest BCUT2D eigenvalue weighted by Gasteiger charge is -2.39. The summed E-state index contributed by atoms with van der Waals surface area (Å²) in [6, 6.07) is 0. The lowest BCUT2D eigenvalue weighted by Crippen LogP contribution is -2.48. The first-order chi connectivity index (χ1) is 10.1. The van der Waals surface area contributed by atoms with Crippen molar-refractivity contribution in [2.24, 2.45) is 11.8 Å². The minimum Gasteiger partial charge on any atom is -0.481 e. The van der Waals surface area contributed by atoms with E-state index in [1.807, 2.05) is 17.2 Å². The third-order valence-electron chi connectivity index (χ3n) is 4.63. The number of carbonyl (C=O) groups excluding carboxylic acids is 1. The lowest BCUT2D eigenvalue weighted by molar-refractivity contribution is -0.157. The van der Waals surface area contributed by atoms with E-state index in [-0.39, 0.29) is 11.8 Å². The molecule has 0 bridgehead atoms. The Hall–Kier alpha value is -1.43. The summed E-state index contributed by atoms with van der Waals surface area (Å²) in [6.07, 6.45) is 3.38. The van der Waals surface area contributed by atoms with Crippen LogP contribution in [-0.4, -0.2) is 40.0 Å². The summed E-state index contributed by atoms with van der Waals surface area (Å²) in [5, 5.41) is 12.3. The fraction of sp³-hybridized carbons (Fsp3) is 0.667. The number of nitrogens with zero attached hydrogens (tertiary/aromatic N) is 2. The number of rotatable bonds is 3. The van der Waals surface area contributed by atoms with Crippen molar-refractivity contribution in [1.82, 2.24) is 9.88 Å². The summed E-state index contributed by atoms with van der Waals surface area (Å²) in [5.41, 5.74) is 1.03. The average molecular weight is 308 g/mol. The van der Waals surface area contributed by atoms with Crippen LogP contribution < -0.4 is 0 Å². The van der Waals surface area contributed by atoms with Gasteiger partial charge >= 0.3 is 5.97 Å². The van der Waals surface area contributed by atoms with Crippen molar-refractivity contribution in [2.45, 2.75) is 38.5 Å². The van der Waals surface area contributed by atoms with Crippen molar-refractivity contribution >= 4 is 23.2 Å². The quantitative estimate of drug-likeness (QED) is 0.930. The predicted molar refractivity (Wildman–Crippen MR) is 79.3 cm³/mol. The number of carboxylic acids is 1. The van der Waals surface area contributed by atoms with Crippen molar-refractivity contribution in [3.05, 3.63) is 16.1 Å². The first-order valence-corrected chi connectivity index (χ1v) is 8.38. The molecule has 0 aromatic carbocycles. The van der Waals surface area contributed by atoms with Gasteiger partial charge in [0.2, 0.25) is 5.91 Å². The van der Waals surface area contributed by atoms with Crippen LogP contribution in [0.2, 0.25) is 0 Å². The number of aromatic nitrogens is 1.